The van der Waals surface area contributed by atoms with Crippen molar-refractivity contribution in [2.45, 2.75) is 33.3 Å². The molecule has 18 heavy (non-hydrogen) atoms. The molecule has 0 spiro atoms. The van der Waals surface area contributed by atoms with Gasteiger partial charge in [-0.15, -0.1) is 11.3 Å². The second-order valence-corrected chi connectivity index (χ2v) is 5.92. The minimum Gasteiger partial charge on any atom is -0.390 e. The van der Waals surface area contributed by atoms with Crippen LogP contribution in [0.1, 0.15) is 30.1 Å². The van der Waals surface area contributed by atoms with Crippen LogP contribution < -0.4 is 5.73 Å². The van der Waals surface area contributed by atoms with Crippen molar-refractivity contribution in [1.82, 2.24) is 10.1 Å². The van der Waals surface area contributed by atoms with E-state index in [0.29, 0.717) is 16.7 Å². The Labute approximate surface area is 110 Å². The molecule has 2 aromatic rings. The van der Waals surface area contributed by atoms with Gasteiger partial charge >= 0.3 is 0 Å². The van der Waals surface area contributed by atoms with Crippen LogP contribution in [0.4, 0.5) is 5.00 Å². The molecule has 2 heterocycles. The van der Waals surface area contributed by atoms with Crippen molar-refractivity contribution in [3.63, 3.8) is 0 Å². The summed E-state index contributed by atoms with van der Waals surface area (Å²) in [4.78, 5) is 5.54. The van der Waals surface area contributed by atoms with Crippen LogP contribution in [0.3, 0.4) is 0 Å². The lowest BCUT2D eigenvalue weighted by atomic mass is 10.1. The van der Waals surface area contributed by atoms with E-state index in [1.54, 1.807) is 7.11 Å². The monoisotopic (exact) mass is 267 g/mol. The number of hydrogen-bond acceptors (Lipinski definition) is 6. The lowest BCUT2D eigenvalue weighted by molar-refractivity contribution is 0.00973. The van der Waals surface area contributed by atoms with Gasteiger partial charge in [-0.2, -0.15) is 4.98 Å². The van der Waals surface area contributed by atoms with Gasteiger partial charge in [0.25, 0.3) is 5.89 Å². The summed E-state index contributed by atoms with van der Waals surface area (Å²) >= 11 is 1.53. The summed E-state index contributed by atoms with van der Waals surface area (Å²) in [7, 11) is 1.62. The number of nitrogen functional groups attached to an aromatic ring is 1. The first kappa shape index (κ1) is 13.0. The number of aryl methyl sites for hydroxylation is 1. The number of nitrogens with zero attached hydrogens (tertiary/aromatic N) is 2. The molecule has 0 unspecified atom stereocenters. The highest BCUT2D eigenvalue weighted by Gasteiger charge is 2.28. The fourth-order valence-corrected chi connectivity index (χ4v) is 2.51. The Morgan fingerprint density at radius 2 is 2.00 bits per heavy atom. The molecule has 0 saturated carbocycles. The Balaban J connectivity index is 2.48. The van der Waals surface area contributed by atoms with E-state index in [2.05, 4.69) is 10.1 Å². The van der Waals surface area contributed by atoms with Crippen LogP contribution in [0, 0.1) is 13.8 Å². The molecular weight excluding hydrogens is 250 g/mol. The van der Waals surface area contributed by atoms with Gasteiger partial charge in [-0.1, -0.05) is 5.16 Å². The molecule has 0 amide bonds. The summed E-state index contributed by atoms with van der Waals surface area (Å²) < 4.78 is 10.6. The van der Waals surface area contributed by atoms with E-state index in [1.807, 2.05) is 27.7 Å². The lowest BCUT2D eigenvalue weighted by Crippen LogP contribution is -2.21. The summed E-state index contributed by atoms with van der Waals surface area (Å²) in [6.45, 7) is 7.80. The van der Waals surface area contributed by atoms with Crippen molar-refractivity contribution in [1.29, 1.82) is 0 Å². The first-order valence-electron chi connectivity index (χ1n) is 5.62. The highest BCUT2D eigenvalue weighted by Crippen LogP contribution is 2.37. The number of hydrogen-bond donors (Lipinski definition) is 1. The zero-order valence-electron chi connectivity index (χ0n) is 11.2. The predicted octanol–water partition coefficient (Wildman–Crippen LogP) is 2.88. The normalized spacial score (nSPS) is 12.1. The molecule has 0 saturated heterocycles. The molecule has 0 aromatic carbocycles. The number of anilines is 1. The van der Waals surface area contributed by atoms with Gasteiger partial charge in [0.15, 0.2) is 0 Å². The smallest absolute Gasteiger partial charge is 0.261 e. The molecule has 0 radical (unpaired) electrons. The van der Waals surface area contributed by atoms with Crippen molar-refractivity contribution >= 4 is 16.3 Å². The third-order valence-electron chi connectivity index (χ3n) is 3.10. The van der Waals surface area contributed by atoms with Gasteiger partial charge in [0.05, 0.1) is 10.6 Å². The number of nitrogens with two attached hydrogens (primary N) is 1. The van der Waals surface area contributed by atoms with E-state index < -0.39 is 5.60 Å². The van der Waals surface area contributed by atoms with Gasteiger partial charge in [-0.25, -0.2) is 0 Å². The quantitative estimate of drug-likeness (QED) is 0.925. The summed E-state index contributed by atoms with van der Waals surface area (Å²) in [5.41, 5.74) is 7.33. The minimum absolute atomic E-state index is 0.453. The number of methoxy groups -OCH3 is 1. The SMILES string of the molecule is COC(C)(C)c1noc(-c2c(N)sc(C)c2C)n1. The van der Waals surface area contributed by atoms with Gasteiger partial charge < -0.3 is 15.0 Å². The Kier molecular flexibility index (Phi) is 3.16. The van der Waals surface area contributed by atoms with Crippen molar-refractivity contribution in [3.05, 3.63) is 16.3 Å². The average Bonchev–Trinajstić information content (AvgIpc) is 2.86. The second kappa shape index (κ2) is 4.37. The van der Waals surface area contributed by atoms with Crippen LogP contribution >= 0.6 is 11.3 Å². The van der Waals surface area contributed by atoms with Crippen LogP contribution in [0.25, 0.3) is 11.5 Å². The van der Waals surface area contributed by atoms with E-state index in [0.717, 1.165) is 16.0 Å². The van der Waals surface area contributed by atoms with E-state index in [1.165, 1.54) is 11.3 Å². The Hall–Kier alpha value is -1.40. The molecule has 0 aliphatic carbocycles. The molecule has 0 aliphatic rings. The predicted molar refractivity (Wildman–Crippen MR) is 71.5 cm³/mol. The van der Waals surface area contributed by atoms with Crippen molar-refractivity contribution in [3.8, 4) is 11.5 Å². The Morgan fingerprint density at radius 1 is 1.33 bits per heavy atom. The molecular formula is C12H17N3O2S. The Bertz CT molecular complexity index is 572. The van der Waals surface area contributed by atoms with E-state index in [9.17, 15) is 0 Å². The highest BCUT2D eigenvalue weighted by molar-refractivity contribution is 7.16. The molecule has 0 atom stereocenters. The molecule has 2 N–H and O–H groups in total. The van der Waals surface area contributed by atoms with Gasteiger partial charge in [0.1, 0.15) is 5.60 Å². The molecule has 0 bridgehead atoms. The maximum atomic E-state index is 5.98. The first-order valence-corrected chi connectivity index (χ1v) is 6.43. The molecule has 2 rings (SSSR count). The van der Waals surface area contributed by atoms with E-state index >= 15 is 0 Å². The fourth-order valence-electron chi connectivity index (χ4n) is 1.58. The molecule has 98 valence electrons. The number of ether oxygens (including phenoxy) is 1. The maximum absolute atomic E-state index is 5.98. The highest BCUT2D eigenvalue weighted by atomic mass is 32.1. The second-order valence-electron chi connectivity index (χ2n) is 4.66. The average molecular weight is 267 g/mol. The first-order chi connectivity index (χ1) is 8.36. The van der Waals surface area contributed by atoms with Crippen molar-refractivity contribution in [2.75, 3.05) is 12.8 Å². The number of rotatable bonds is 3. The fraction of sp³-hybridized carbons (Fsp3) is 0.500. The lowest BCUT2D eigenvalue weighted by Gasteiger charge is -2.17. The minimum atomic E-state index is -0.574. The number of aromatic nitrogens is 2. The third kappa shape index (κ3) is 2.02. The molecule has 2 aromatic heterocycles. The number of thiophene rings is 1. The standard InChI is InChI=1S/C12H17N3O2S/c1-6-7(2)18-9(13)8(6)10-14-11(15-17-10)12(3,4)16-5/h13H2,1-5H3. The zero-order valence-corrected chi connectivity index (χ0v) is 12.0. The maximum Gasteiger partial charge on any atom is 0.261 e. The van der Waals surface area contributed by atoms with Crippen LogP contribution in [0.5, 0.6) is 0 Å². The van der Waals surface area contributed by atoms with Crippen LogP contribution in [-0.2, 0) is 10.3 Å². The Morgan fingerprint density at radius 3 is 2.50 bits per heavy atom. The van der Waals surface area contributed by atoms with Gasteiger partial charge in [0.2, 0.25) is 5.82 Å². The summed E-state index contributed by atoms with van der Waals surface area (Å²) in [5, 5.41) is 4.67. The molecule has 0 aliphatic heterocycles. The third-order valence-corrected chi connectivity index (χ3v) is 4.14. The van der Waals surface area contributed by atoms with Crippen molar-refractivity contribution < 1.29 is 9.26 Å². The largest absolute Gasteiger partial charge is 0.390 e. The molecule has 0 fully saturated rings. The summed E-state index contributed by atoms with van der Waals surface area (Å²) in [5.74, 6) is 0.970. The summed E-state index contributed by atoms with van der Waals surface area (Å²) in [6.07, 6.45) is 0. The van der Waals surface area contributed by atoms with Gasteiger partial charge in [-0.05, 0) is 33.3 Å². The topological polar surface area (TPSA) is 74.2 Å². The zero-order chi connectivity index (χ0) is 13.5. The van der Waals surface area contributed by atoms with Gasteiger partial charge in [-0.3, -0.25) is 0 Å². The summed E-state index contributed by atoms with van der Waals surface area (Å²) in [6, 6.07) is 0. The van der Waals surface area contributed by atoms with Gasteiger partial charge in [0, 0.05) is 12.0 Å². The van der Waals surface area contributed by atoms with Crippen LogP contribution in [0.2, 0.25) is 0 Å². The van der Waals surface area contributed by atoms with E-state index in [4.69, 9.17) is 15.0 Å². The van der Waals surface area contributed by atoms with Crippen LogP contribution in [0.15, 0.2) is 4.52 Å². The molecule has 5 nitrogen and oxygen atoms in total. The van der Waals surface area contributed by atoms with Crippen LogP contribution in [-0.4, -0.2) is 17.3 Å². The van der Waals surface area contributed by atoms with E-state index in [-0.39, 0.29) is 0 Å². The van der Waals surface area contributed by atoms with Crippen molar-refractivity contribution in [2.24, 2.45) is 0 Å². The molecule has 6 heteroatoms.